The summed E-state index contributed by atoms with van der Waals surface area (Å²) in [4.78, 5) is 15.5. The number of hydrogen-bond donors (Lipinski definition) is 1. The third kappa shape index (κ3) is 4.71. The van der Waals surface area contributed by atoms with Crippen molar-refractivity contribution in [3.05, 3.63) is 21.9 Å². The van der Waals surface area contributed by atoms with Crippen LogP contribution < -0.4 is 5.32 Å². The van der Waals surface area contributed by atoms with Gasteiger partial charge in [0.15, 0.2) is 0 Å². The maximum Gasteiger partial charge on any atom is 0.410 e. The number of thiophene rings is 1. The zero-order valence-electron chi connectivity index (χ0n) is 14.1. The van der Waals surface area contributed by atoms with Gasteiger partial charge in [-0.1, -0.05) is 6.92 Å². The standard InChI is InChI=1S/C17H28N2O2S/c1-5-13-8-10-22-15(13)12-18-11-14-7-6-9-19(14)16(20)21-17(2,3)4/h8,10,14,18H,5-7,9,11-12H2,1-4H3. The van der Waals surface area contributed by atoms with Crippen LogP contribution in [0.25, 0.3) is 0 Å². The molecule has 124 valence electrons. The van der Waals surface area contributed by atoms with Crippen LogP contribution in [0.4, 0.5) is 4.79 Å². The van der Waals surface area contributed by atoms with Gasteiger partial charge < -0.3 is 15.0 Å². The SMILES string of the molecule is CCc1ccsc1CNCC1CCCN1C(=O)OC(C)(C)C. The average Bonchev–Trinajstić information content (AvgIpc) is 3.05. The highest BCUT2D eigenvalue weighted by Crippen LogP contribution is 2.21. The largest absolute Gasteiger partial charge is 0.444 e. The molecule has 1 N–H and O–H groups in total. The molecule has 1 amide bonds. The minimum atomic E-state index is -0.426. The normalized spacial score (nSPS) is 18.7. The van der Waals surface area contributed by atoms with E-state index in [1.807, 2.05) is 25.7 Å². The van der Waals surface area contributed by atoms with Crippen molar-refractivity contribution < 1.29 is 9.53 Å². The molecular formula is C17H28N2O2S. The summed E-state index contributed by atoms with van der Waals surface area (Å²) in [6, 6.07) is 2.45. The Morgan fingerprint density at radius 2 is 2.27 bits per heavy atom. The number of carbonyl (C=O) groups excluding carboxylic acids is 1. The first-order chi connectivity index (χ1) is 10.4. The highest BCUT2D eigenvalue weighted by Gasteiger charge is 2.31. The fourth-order valence-electron chi connectivity index (χ4n) is 2.80. The predicted octanol–water partition coefficient (Wildman–Crippen LogP) is 3.80. The van der Waals surface area contributed by atoms with Crippen LogP contribution >= 0.6 is 11.3 Å². The molecule has 2 heterocycles. The van der Waals surface area contributed by atoms with Crippen molar-refractivity contribution in [2.24, 2.45) is 0 Å². The molecule has 1 aromatic heterocycles. The lowest BCUT2D eigenvalue weighted by molar-refractivity contribution is 0.0226. The van der Waals surface area contributed by atoms with Gasteiger partial charge in [0.2, 0.25) is 0 Å². The quantitative estimate of drug-likeness (QED) is 0.896. The molecule has 1 fully saturated rings. The first-order valence-electron chi connectivity index (χ1n) is 8.16. The first kappa shape index (κ1) is 17.3. The fourth-order valence-corrected chi connectivity index (χ4v) is 3.74. The number of amides is 1. The molecule has 0 aliphatic carbocycles. The minimum absolute atomic E-state index is 0.179. The summed E-state index contributed by atoms with van der Waals surface area (Å²) in [6.07, 6.45) is 3.01. The molecule has 22 heavy (non-hydrogen) atoms. The Labute approximate surface area is 137 Å². The predicted molar refractivity (Wildman–Crippen MR) is 91.4 cm³/mol. The lowest BCUT2D eigenvalue weighted by Crippen LogP contribution is -2.44. The summed E-state index contributed by atoms with van der Waals surface area (Å²) in [6.45, 7) is 10.5. The molecule has 1 atom stereocenters. The molecule has 1 saturated heterocycles. The molecular weight excluding hydrogens is 296 g/mol. The summed E-state index contributed by atoms with van der Waals surface area (Å²) in [7, 11) is 0. The number of likely N-dealkylation sites (tertiary alicyclic amines) is 1. The van der Waals surface area contributed by atoms with Gasteiger partial charge in [0.05, 0.1) is 0 Å². The minimum Gasteiger partial charge on any atom is -0.444 e. The van der Waals surface area contributed by atoms with Crippen LogP contribution in [0.15, 0.2) is 11.4 Å². The highest BCUT2D eigenvalue weighted by atomic mass is 32.1. The van der Waals surface area contributed by atoms with Gasteiger partial charge in [-0.3, -0.25) is 0 Å². The van der Waals surface area contributed by atoms with Gasteiger partial charge in [0, 0.05) is 30.6 Å². The second-order valence-electron chi connectivity index (χ2n) is 6.82. The summed E-state index contributed by atoms with van der Waals surface area (Å²) in [5.74, 6) is 0. The van der Waals surface area contributed by atoms with E-state index in [2.05, 4.69) is 23.7 Å². The summed E-state index contributed by atoms with van der Waals surface area (Å²) in [5, 5.41) is 5.66. The Morgan fingerprint density at radius 1 is 1.50 bits per heavy atom. The van der Waals surface area contributed by atoms with Gasteiger partial charge in [-0.15, -0.1) is 11.3 Å². The molecule has 1 aliphatic rings. The van der Waals surface area contributed by atoms with E-state index in [0.717, 1.165) is 38.9 Å². The Bertz CT molecular complexity index is 493. The summed E-state index contributed by atoms with van der Waals surface area (Å²) >= 11 is 1.80. The van der Waals surface area contributed by atoms with Gasteiger partial charge in [-0.05, 0) is 57.0 Å². The number of ether oxygens (including phenoxy) is 1. The van der Waals surface area contributed by atoms with Crippen molar-refractivity contribution in [1.82, 2.24) is 10.2 Å². The van der Waals surface area contributed by atoms with Crippen LogP contribution in [-0.4, -0.2) is 35.7 Å². The smallest absolute Gasteiger partial charge is 0.410 e. The van der Waals surface area contributed by atoms with E-state index >= 15 is 0 Å². The topological polar surface area (TPSA) is 41.6 Å². The van der Waals surface area contributed by atoms with E-state index in [-0.39, 0.29) is 12.1 Å². The first-order valence-corrected chi connectivity index (χ1v) is 9.04. The zero-order valence-corrected chi connectivity index (χ0v) is 15.0. The number of hydrogen-bond acceptors (Lipinski definition) is 4. The fraction of sp³-hybridized carbons (Fsp3) is 0.706. The molecule has 0 radical (unpaired) electrons. The van der Waals surface area contributed by atoms with Crippen LogP contribution in [0.2, 0.25) is 0 Å². The molecule has 0 spiro atoms. The number of rotatable bonds is 5. The van der Waals surface area contributed by atoms with Gasteiger partial charge in [-0.2, -0.15) is 0 Å². The summed E-state index contributed by atoms with van der Waals surface area (Å²) in [5.41, 5.74) is 0.998. The molecule has 1 unspecified atom stereocenters. The molecule has 0 saturated carbocycles. The Kier molecular flexibility index (Phi) is 5.87. The Morgan fingerprint density at radius 3 is 2.95 bits per heavy atom. The van der Waals surface area contributed by atoms with Gasteiger partial charge in [-0.25, -0.2) is 4.79 Å². The van der Waals surface area contributed by atoms with E-state index in [1.54, 1.807) is 11.3 Å². The lowest BCUT2D eigenvalue weighted by atomic mass is 10.2. The van der Waals surface area contributed by atoms with Crippen LogP contribution in [-0.2, 0) is 17.7 Å². The Hall–Kier alpha value is -1.07. The monoisotopic (exact) mass is 324 g/mol. The van der Waals surface area contributed by atoms with Gasteiger partial charge in [0.1, 0.15) is 5.60 Å². The maximum atomic E-state index is 12.2. The second-order valence-corrected chi connectivity index (χ2v) is 7.82. The number of aryl methyl sites for hydroxylation is 1. The molecule has 4 nitrogen and oxygen atoms in total. The molecule has 2 rings (SSSR count). The lowest BCUT2D eigenvalue weighted by Gasteiger charge is -2.28. The number of carbonyl (C=O) groups is 1. The van der Waals surface area contributed by atoms with E-state index in [4.69, 9.17) is 4.74 Å². The second kappa shape index (κ2) is 7.47. The molecule has 5 heteroatoms. The highest BCUT2D eigenvalue weighted by molar-refractivity contribution is 7.10. The van der Waals surface area contributed by atoms with Crippen LogP contribution in [0.5, 0.6) is 0 Å². The molecule has 0 bridgehead atoms. The van der Waals surface area contributed by atoms with Crippen molar-refractivity contribution in [2.75, 3.05) is 13.1 Å². The third-order valence-electron chi connectivity index (χ3n) is 3.89. The Balaban J connectivity index is 1.82. The molecule has 1 aliphatic heterocycles. The van der Waals surface area contributed by atoms with E-state index < -0.39 is 5.60 Å². The number of nitrogens with zero attached hydrogens (tertiary/aromatic N) is 1. The molecule has 1 aromatic rings. The maximum absolute atomic E-state index is 12.2. The molecule has 0 aromatic carbocycles. The van der Waals surface area contributed by atoms with Crippen LogP contribution in [0.1, 0.15) is 51.0 Å². The third-order valence-corrected chi connectivity index (χ3v) is 4.85. The number of nitrogens with one attached hydrogen (secondary N) is 1. The zero-order chi connectivity index (χ0) is 16.2. The van der Waals surface area contributed by atoms with E-state index in [1.165, 1.54) is 10.4 Å². The van der Waals surface area contributed by atoms with Crippen LogP contribution in [0, 0.1) is 0 Å². The van der Waals surface area contributed by atoms with Crippen molar-refractivity contribution in [3.63, 3.8) is 0 Å². The van der Waals surface area contributed by atoms with Gasteiger partial charge in [0.25, 0.3) is 0 Å². The van der Waals surface area contributed by atoms with Crippen molar-refractivity contribution in [1.29, 1.82) is 0 Å². The van der Waals surface area contributed by atoms with Crippen molar-refractivity contribution in [2.45, 2.75) is 65.1 Å². The van der Waals surface area contributed by atoms with E-state index in [0.29, 0.717) is 0 Å². The van der Waals surface area contributed by atoms with Crippen molar-refractivity contribution in [3.8, 4) is 0 Å². The van der Waals surface area contributed by atoms with E-state index in [9.17, 15) is 4.79 Å². The average molecular weight is 324 g/mol. The van der Waals surface area contributed by atoms with Gasteiger partial charge >= 0.3 is 6.09 Å². The summed E-state index contributed by atoms with van der Waals surface area (Å²) < 4.78 is 5.50. The van der Waals surface area contributed by atoms with Crippen molar-refractivity contribution >= 4 is 17.4 Å². The van der Waals surface area contributed by atoms with Crippen LogP contribution in [0.3, 0.4) is 0 Å².